The van der Waals surface area contributed by atoms with Gasteiger partial charge in [0.1, 0.15) is 0 Å². The lowest BCUT2D eigenvalue weighted by Crippen LogP contribution is -2.28. The minimum atomic E-state index is -0.125. The Morgan fingerprint density at radius 3 is 2.83 bits per heavy atom. The van der Waals surface area contributed by atoms with Gasteiger partial charge in [0.2, 0.25) is 11.8 Å². The number of hydrogen-bond donors (Lipinski definition) is 1. The molecule has 0 unspecified atom stereocenters. The Balaban J connectivity index is 1.56. The Bertz CT molecular complexity index is 635. The van der Waals surface area contributed by atoms with Crippen molar-refractivity contribution in [3.05, 3.63) is 24.3 Å². The molecular weight excluding hydrogens is 314 g/mol. The molecule has 0 aromatic heterocycles. The van der Waals surface area contributed by atoms with Crippen LogP contribution in [0.4, 0.5) is 16.2 Å². The molecule has 0 spiro atoms. The Kier molecular flexibility index (Phi) is 4.85. The smallest absolute Gasteiger partial charge is 0.281 e. The molecule has 0 atom stereocenters. The first kappa shape index (κ1) is 15.9. The number of amides is 3. The molecule has 2 aliphatic heterocycles. The van der Waals surface area contributed by atoms with Crippen LogP contribution in [0.5, 0.6) is 0 Å². The summed E-state index contributed by atoms with van der Waals surface area (Å²) in [5, 5.41) is 2.89. The lowest BCUT2D eigenvalue weighted by molar-refractivity contribution is -0.117. The second-order valence-electron chi connectivity index (χ2n) is 5.60. The van der Waals surface area contributed by atoms with Crippen LogP contribution in [0.1, 0.15) is 19.3 Å². The van der Waals surface area contributed by atoms with Gasteiger partial charge in [-0.1, -0.05) is 17.8 Å². The van der Waals surface area contributed by atoms with Crippen molar-refractivity contribution in [1.29, 1.82) is 0 Å². The van der Waals surface area contributed by atoms with Crippen LogP contribution in [0.2, 0.25) is 0 Å². The SMILES string of the molecule is O=C(CCN1CCSC1=O)Nc1cccc(N2CCCC2=O)c1. The zero-order valence-corrected chi connectivity index (χ0v) is 13.6. The summed E-state index contributed by atoms with van der Waals surface area (Å²) in [5.41, 5.74) is 1.49. The Morgan fingerprint density at radius 1 is 1.26 bits per heavy atom. The minimum Gasteiger partial charge on any atom is -0.332 e. The van der Waals surface area contributed by atoms with Crippen molar-refractivity contribution >= 4 is 40.2 Å². The van der Waals surface area contributed by atoms with E-state index in [1.165, 1.54) is 11.8 Å². The number of thioether (sulfide) groups is 1. The first-order valence-electron chi connectivity index (χ1n) is 7.75. The summed E-state index contributed by atoms with van der Waals surface area (Å²) in [4.78, 5) is 38.8. The normalized spacial score (nSPS) is 17.9. The summed E-state index contributed by atoms with van der Waals surface area (Å²) in [7, 11) is 0. The van der Waals surface area contributed by atoms with Crippen LogP contribution in [-0.4, -0.2) is 47.3 Å². The fraction of sp³-hybridized carbons (Fsp3) is 0.438. The molecule has 0 aliphatic carbocycles. The van der Waals surface area contributed by atoms with Crippen molar-refractivity contribution in [1.82, 2.24) is 4.90 Å². The van der Waals surface area contributed by atoms with Gasteiger partial charge in [0.25, 0.3) is 5.24 Å². The summed E-state index contributed by atoms with van der Waals surface area (Å²) in [6, 6.07) is 7.33. The summed E-state index contributed by atoms with van der Waals surface area (Å²) in [6.45, 7) is 1.89. The zero-order chi connectivity index (χ0) is 16.2. The monoisotopic (exact) mass is 333 g/mol. The summed E-state index contributed by atoms with van der Waals surface area (Å²) < 4.78 is 0. The summed E-state index contributed by atoms with van der Waals surface area (Å²) in [6.07, 6.45) is 1.73. The van der Waals surface area contributed by atoms with Crippen molar-refractivity contribution in [3.63, 3.8) is 0 Å². The molecule has 0 radical (unpaired) electrons. The predicted molar refractivity (Wildman–Crippen MR) is 90.7 cm³/mol. The lowest BCUT2D eigenvalue weighted by Gasteiger charge is -2.17. The average molecular weight is 333 g/mol. The van der Waals surface area contributed by atoms with E-state index < -0.39 is 0 Å². The highest BCUT2D eigenvalue weighted by Crippen LogP contribution is 2.24. The maximum Gasteiger partial charge on any atom is 0.281 e. The van der Waals surface area contributed by atoms with Crippen LogP contribution in [0.25, 0.3) is 0 Å². The van der Waals surface area contributed by atoms with E-state index in [9.17, 15) is 14.4 Å². The number of hydrogen-bond acceptors (Lipinski definition) is 4. The van der Waals surface area contributed by atoms with Gasteiger partial charge in [-0.25, -0.2) is 0 Å². The van der Waals surface area contributed by atoms with E-state index in [4.69, 9.17) is 0 Å². The molecular formula is C16H19N3O3S. The Morgan fingerprint density at radius 2 is 2.13 bits per heavy atom. The van der Waals surface area contributed by atoms with Crippen LogP contribution >= 0.6 is 11.8 Å². The first-order valence-corrected chi connectivity index (χ1v) is 8.74. The third-order valence-corrected chi connectivity index (χ3v) is 4.86. The molecule has 2 heterocycles. The van der Waals surface area contributed by atoms with Gasteiger partial charge in [0, 0.05) is 49.6 Å². The Hall–Kier alpha value is -2.02. The van der Waals surface area contributed by atoms with Crippen molar-refractivity contribution in [2.45, 2.75) is 19.3 Å². The van der Waals surface area contributed by atoms with Crippen LogP contribution in [0.3, 0.4) is 0 Å². The van der Waals surface area contributed by atoms with Crippen molar-refractivity contribution < 1.29 is 14.4 Å². The molecule has 7 heteroatoms. The highest BCUT2D eigenvalue weighted by Gasteiger charge is 2.23. The molecule has 0 saturated carbocycles. The third kappa shape index (κ3) is 3.85. The van der Waals surface area contributed by atoms with Gasteiger partial charge < -0.3 is 15.1 Å². The average Bonchev–Trinajstić information content (AvgIpc) is 3.14. The highest BCUT2D eigenvalue weighted by molar-refractivity contribution is 8.13. The van der Waals surface area contributed by atoms with Crippen molar-refractivity contribution in [3.8, 4) is 0 Å². The molecule has 2 fully saturated rings. The molecule has 2 aliphatic rings. The topological polar surface area (TPSA) is 69.7 Å². The third-order valence-electron chi connectivity index (χ3n) is 3.97. The highest BCUT2D eigenvalue weighted by atomic mass is 32.2. The number of anilines is 2. The van der Waals surface area contributed by atoms with Gasteiger partial charge in [0.05, 0.1) is 0 Å². The van der Waals surface area contributed by atoms with Crippen LogP contribution < -0.4 is 10.2 Å². The van der Waals surface area contributed by atoms with E-state index >= 15 is 0 Å². The largest absolute Gasteiger partial charge is 0.332 e. The van der Waals surface area contributed by atoms with E-state index in [0.29, 0.717) is 25.2 Å². The molecule has 3 rings (SSSR count). The lowest BCUT2D eigenvalue weighted by atomic mass is 10.2. The van der Waals surface area contributed by atoms with Crippen molar-refractivity contribution in [2.75, 3.05) is 35.6 Å². The van der Waals surface area contributed by atoms with E-state index in [1.807, 2.05) is 18.2 Å². The van der Waals surface area contributed by atoms with Crippen LogP contribution in [-0.2, 0) is 9.59 Å². The van der Waals surface area contributed by atoms with Gasteiger partial charge in [-0.2, -0.15) is 0 Å². The molecule has 1 aromatic rings. The molecule has 1 aromatic carbocycles. The molecule has 0 bridgehead atoms. The number of nitrogens with zero attached hydrogens (tertiary/aromatic N) is 2. The molecule has 122 valence electrons. The number of carbonyl (C=O) groups is 3. The molecule has 6 nitrogen and oxygen atoms in total. The molecule has 23 heavy (non-hydrogen) atoms. The van der Waals surface area contributed by atoms with E-state index in [2.05, 4.69) is 5.32 Å². The fourth-order valence-electron chi connectivity index (χ4n) is 2.76. The van der Waals surface area contributed by atoms with Crippen LogP contribution in [0, 0.1) is 0 Å². The molecule has 2 saturated heterocycles. The van der Waals surface area contributed by atoms with E-state index in [1.54, 1.807) is 15.9 Å². The quantitative estimate of drug-likeness (QED) is 0.898. The number of benzene rings is 1. The van der Waals surface area contributed by atoms with E-state index in [0.717, 1.165) is 24.4 Å². The van der Waals surface area contributed by atoms with E-state index in [-0.39, 0.29) is 23.5 Å². The molecule has 1 N–H and O–H groups in total. The minimum absolute atomic E-state index is 0.0485. The molecule has 3 amide bonds. The van der Waals surface area contributed by atoms with Gasteiger partial charge in [-0.05, 0) is 24.6 Å². The zero-order valence-electron chi connectivity index (χ0n) is 12.8. The van der Waals surface area contributed by atoms with Gasteiger partial charge in [-0.3, -0.25) is 14.4 Å². The first-order chi connectivity index (χ1) is 11.1. The fourth-order valence-corrected chi connectivity index (χ4v) is 3.61. The predicted octanol–water partition coefficient (Wildman–Crippen LogP) is 2.31. The van der Waals surface area contributed by atoms with Gasteiger partial charge >= 0.3 is 0 Å². The second-order valence-corrected chi connectivity index (χ2v) is 6.65. The number of rotatable bonds is 5. The van der Waals surface area contributed by atoms with Gasteiger partial charge in [-0.15, -0.1) is 0 Å². The van der Waals surface area contributed by atoms with Gasteiger partial charge in [0.15, 0.2) is 0 Å². The number of carbonyl (C=O) groups excluding carboxylic acids is 3. The maximum absolute atomic E-state index is 12.0. The standard InChI is InChI=1S/C16H19N3O3S/c20-14(6-8-18-9-10-23-16(18)22)17-12-3-1-4-13(11-12)19-7-2-5-15(19)21/h1,3-4,11H,2,5-10H2,(H,17,20). The number of nitrogens with one attached hydrogen (secondary N) is 1. The second kappa shape index (κ2) is 7.04. The van der Waals surface area contributed by atoms with Crippen molar-refractivity contribution in [2.24, 2.45) is 0 Å². The van der Waals surface area contributed by atoms with Crippen LogP contribution in [0.15, 0.2) is 24.3 Å². The summed E-state index contributed by atoms with van der Waals surface area (Å²) in [5.74, 6) is 0.796. The maximum atomic E-state index is 12.0. The summed E-state index contributed by atoms with van der Waals surface area (Å²) >= 11 is 1.30. The Labute approximate surface area is 139 Å².